The Morgan fingerprint density at radius 3 is 2.62 bits per heavy atom. The topological polar surface area (TPSA) is 28.7 Å². The Labute approximate surface area is 97.1 Å². The molecule has 0 amide bonds. The van der Waals surface area contributed by atoms with Gasteiger partial charge in [-0.1, -0.05) is 32.8 Å². The van der Waals surface area contributed by atoms with Crippen molar-refractivity contribution >= 4 is 10.9 Å². The minimum Gasteiger partial charge on any atom is -0.278 e. The lowest BCUT2D eigenvalue weighted by Gasteiger charge is -2.15. The molecule has 0 radical (unpaired) electrons. The molecule has 0 aliphatic carbocycles. The fourth-order valence-corrected chi connectivity index (χ4v) is 2.39. The lowest BCUT2D eigenvalue weighted by molar-refractivity contribution is 0.561. The van der Waals surface area contributed by atoms with Gasteiger partial charge < -0.3 is 0 Å². The second kappa shape index (κ2) is 5.15. The summed E-state index contributed by atoms with van der Waals surface area (Å²) in [5.41, 5.74) is 2.60. The normalized spacial score (nSPS) is 11.4. The molecule has 16 heavy (non-hydrogen) atoms. The smallest absolute Gasteiger partial charge is 0.0650 e. The van der Waals surface area contributed by atoms with Gasteiger partial charge in [0.1, 0.15) is 0 Å². The van der Waals surface area contributed by atoms with Gasteiger partial charge in [0.2, 0.25) is 0 Å². The van der Waals surface area contributed by atoms with Crippen molar-refractivity contribution in [1.82, 2.24) is 10.2 Å². The van der Waals surface area contributed by atoms with Gasteiger partial charge in [0.05, 0.1) is 11.7 Å². The molecule has 2 rings (SSSR count). The van der Waals surface area contributed by atoms with E-state index in [1.54, 1.807) is 0 Å². The van der Waals surface area contributed by atoms with Crippen LogP contribution in [0.25, 0.3) is 10.9 Å². The van der Waals surface area contributed by atoms with Crippen molar-refractivity contribution in [1.29, 1.82) is 0 Å². The van der Waals surface area contributed by atoms with Crippen LogP contribution >= 0.6 is 0 Å². The third-order valence-electron chi connectivity index (χ3n) is 3.21. The molecule has 0 spiro atoms. The Morgan fingerprint density at radius 2 is 1.94 bits per heavy atom. The van der Waals surface area contributed by atoms with Gasteiger partial charge in [0.15, 0.2) is 0 Å². The number of aromatic nitrogens is 2. The number of rotatable bonds is 5. The van der Waals surface area contributed by atoms with E-state index in [4.69, 9.17) is 0 Å². The van der Waals surface area contributed by atoms with Crippen LogP contribution in [0.15, 0.2) is 24.4 Å². The number of H-pyrrole nitrogens is 1. The highest BCUT2D eigenvalue weighted by molar-refractivity contribution is 5.78. The highest BCUT2D eigenvalue weighted by Gasteiger charge is 2.10. The number of hydrogen-bond donors (Lipinski definition) is 1. The summed E-state index contributed by atoms with van der Waals surface area (Å²) in [5.74, 6) is 0.717. The van der Waals surface area contributed by atoms with Crippen molar-refractivity contribution in [2.75, 3.05) is 0 Å². The minimum atomic E-state index is 0.717. The Kier molecular flexibility index (Phi) is 3.60. The number of nitrogens with one attached hydrogen (secondary N) is 1. The van der Waals surface area contributed by atoms with Crippen molar-refractivity contribution in [2.45, 2.75) is 45.4 Å². The quantitative estimate of drug-likeness (QED) is 0.795. The summed E-state index contributed by atoms with van der Waals surface area (Å²) in [4.78, 5) is 0. The molecule has 0 saturated carbocycles. The first-order chi connectivity index (χ1) is 7.85. The van der Waals surface area contributed by atoms with Crippen molar-refractivity contribution in [2.24, 2.45) is 0 Å². The van der Waals surface area contributed by atoms with Gasteiger partial charge in [0.25, 0.3) is 0 Å². The Bertz CT molecular complexity index is 439. The van der Waals surface area contributed by atoms with Crippen LogP contribution in [-0.2, 0) is 0 Å². The first-order valence-electron chi connectivity index (χ1n) is 6.28. The Morgan fingerprint density at radius 1 is 1.19 bits per heavy atom. The van der Waals surface area contributed by atoms with Crippen LogP contribution in [0.3, 0.4) is 0 Å². The van der Waals surface area contributed by atoms with Crippen LogP contribution in [0, 0.1) is 0 Å². The molecule has 0 unspecified atom stereocenters. The largest absolute Gasteiger partial charge is 0.278 e. The minimum absolute atomic E-state index is 0.717. The second-order valence-electron chi connectivity index (χ2n) is 4.49. The lowest BCUT2D eigenvalue weighted by atomic mass is 9.90. The van der Waals surface area contributed by atoms with Crippen LogP contribution in [0.2, 0.25) is 0 Å². The maximum Gasteiger partial charge on any atom is 0.0650 e. The Balaban J connectivity index is 2.28. The number of aromatic amines is 1. The Hall–Kier alpha value is -1.31. The maximum atomic E-state index is 4.07. The van der Waals surface area contributed by atoms with Gasteiger partial charge in [-0.2, -0.15) is 5.10 Å². The van der Waals surface area contributed by atoms with Crippen LogP contribution < -0.4 is 0 Å². The first-order valence-corrected chi connectivity index (χ1v) is 6.28. The summed E-state index contributed by atoms with van der Waals surface area (Å²) in [6.45, 7) is 4.53. The van der Waals surface area contributed by atoms with Crippen LogP contribution in [0.1, 0.15) is 51.0 Å². The van der Waals surface area contributed by atoms with E-state index in [0.29, 0.717) is 5.92 Å². The summed E-state index contributed by atoms with van der Waals surface area (Å²) in [6, 6.07) is 6.68. The van der Waals surface area contributed by atoms with E-state index in [0.717, 1.165) is 5.52 Å². The van der Waals surface area contributed by atoms with Crippen LogP contribution in [0.4, 0.5) is 0 Å². The average Bonchev–Trinajstić information content (AvgIpc) is 2.75. The monoisotopic (exact) mass is 216 g/mol. The third kappa shape index (κ3) is 2.26. The maximum absolute atomic E-state index is 4.07. The second-order valence-corrected chi connectivity index (χ2v) is 4.49. The summed E-state index contributed by atoms with van der Waals surface area (Å²) in [5, 5.41) is 8.30. The SMILES string of the molecule is CCCC(CCC)c1ccc2[nH]ncc2c1. The molecule has 1 aromatic heterocycles. The third-order valence-corrected chi connectivity index (χ3v) is 3.21. The van der Waals surface area contributed by atoms with Gasteiger partial charge in [-0.3, -0.25) is 5.10 Å². The summed E-state index contributed by atoms with van der Waals surface area (Å²) >= 11 is 0. The zero-order valence-corrected chi connectivity index (χ0v) is 10.2. The number of benzene rings is 1. The number of fused-ring (bicyclic) bond motifs is 1. The molecule has 86 valence electrons. The zero-order valence-electron chi connectivity index (χ0n) is 10.2. The van der Waals surface area contributed by atoms with Crippen molar-refractivity contribution in [3.8, 4) is 0 Å². The molecule has 0 atom stereocenters. The highest BCUT2D eigenvalue weighted by Crippen LogP contribution is 2.28. The first kappa shape index (κ1) is 11.2. The standard InChI is InChI=1S/C14H20N2/c1-3-5-11(6-4-2)12-7-8-14-13(9-12)10-15-16-14/h7-11H,3-6H2,1-2H3,(H,15,16). The molecular weight excluding hydrogens is 196 g/mol. The van der Waals surface area contributed by atoms with E-state index in [9.17, 15) is 0 Å². The molecule has 1 heterocycles. The average molecular weight is 216 g/mol. The van der Waals surface area contributed by atoms with E-state index < -0.39 is 0 Å². The van der Waals surface area contributed by atoms with Gasteiger partial charge in [-0.15, -0.1) is 0 Å². The van der Waals surface area contributed by atoms with E-state index in [2.05, 4.69) is 42.2 Å². The predicted octanol–water partition coefficient (Wildman–Crippen LogP) is 4.25. The summed E-state index contributed by atoms with van der Waals surface area (Å²) in [6.07, 6.45) is 7.00. The summed E-state index contributed by atoms with van der Waals surface area (Å²) in [7, 11) is 0. The highest BCUT2D eigenvalue weighted by atomic mass is 15.1. The fraction of sp³-hybridized carbons (Fsp3) is 0.500. The molecule has 2 aromatic rings. The molecule has 0 aliphatic heterocycles. The van der Waals surface area contributed by atoms with Crippen molar-refractivity contribution < 1.29 is 0 Å². The number of nitrogens with zero attached hydrogens (tertiary/aromatic N) is 1. The molecular formula is C14H20N2. The van der Waals surface area contributed by atoms with E-state index in [-0.39, 0.29) is 0 Å². The van der Waals surface area contributed by atoms with Crippen LogP contribution in [-0.4, -0.2) is 10.2 Å². The summed E-state index contributed by atoms with van der Waals surface area (Å²) < 4.78 is 0. The van der Waals surface area contributed by atoms with Crippen molar-refractivity contribution in [3.63, 3.8) is 0 Å². The van der Waals surface area contributed by atoms with Crippen LogP contribution in [0.5, 0.6) is 0 Å². The molecule has 0 bridgehead atoms. The molecule has 0 saturated heterocycles. The molecule has 2 nitrogen and oxygen atoms in total. The molecule has 2 heteroatoms. The van der Waals surface area contributed by atoms with Crippen molar-refractivity contribution in [3.05, 3.63) is 30.0 Å². The van der Waals surface area contributed by atoms with Gasteiger partial charge in [0, 0.05) is 5.39 Å². The number of hydrogen-bond acceptors (Lipinski definition) is 1. The predicted molar refractivity (Wildman–Crippen MR) is 68.7 cm³/mol. The molecule has 0 fully saturated rings. The van der Waals surface area contributed by atoms with Gasteiger partial charge in [-0.05, 0) is 36.5 Å². The molecule has 0 aliphatic rings. The van der Waals surface area contributed by atoms with Gasteiger partial charge >= 0.3 is 0 Å². The van der Waals surface area contributed by atoms with E-state index in [1.807, 2.05) is 6.20 Å². The van der Waals surface area contributed by atoms with E-state index in [1.165, 1.54) is 36.6 Å². The van der Waals surface area contributed by atoms with Gasteiger partial charge in [-0.25, -0.2) is 0 Å². The lowest BCUT2D eigenvalue weighted by Crippen LogP contribution is -1.97. The molecule has 1 N–H and O–H groups in total. The fourth-order valence-electron chi connectivity index (χ4n) is 2.39. The molecule has 1 aromatic carbocycles. The zero-order chi connectivity index (χ0) is 11.4. The van der Waals surface area contributed by atoms with E-state index >= 15 is 0 Å².